The number of halogens is 1. The van der Waals surface area contributed by atoms with E-state index in [9.17, 15) is 9.18 Å². The Balaban J connectivity index is 2.59. The Kier molecular flexibility index (Phi) is 1.62. The van der Waals surface area contributed by atoms with Gasteiger partial charge in [-0.15, -0.1) is 0 Å². The highest BCUT2D eigenvalue weighted by Gasteiger charge is 2.25. The quantitative estimate of drug-likeness (QED) is 0.593. The average molecular weight is 179 g/mol. The van der Waals surface area contributed by atoms with Gasteiger partial charge >= 0.3 is 0 Å². The highest BCUT2D eigenvalue weighted by Crippen LogP contribution is 2.23. The van der Waals surface area contributed by atoms with Crippen molar-refractivity contribution in [2.24, 2.45) is 0 Å². The first-order valence-electron chi connectivity index (χ1n) is 4.14. The van der Waals surface area contributed by atoms with Crippen molar-refractivity contribution < 1.29 is 9.18 Å². The predicted molar refractivity (Wildman–Crippen MR) is 46.9 cm³/mol. The third kappa shape index (κ3) is 1.11. The summed E-state index contributed by atoms with van der Waals surface area (Å²) in [4.78, 5) is 13.1. The van der Waals surface area contributed by atoms with Crippen LogP contribution < -0.4 is 0 Å². The lowest BCUT2D eigenvalue weighted by molar-refractivity contribution is 0.0816. The molecule has 68 valence electrons. The van der Waals surface area contributed by atoms with Gasteiger partial charge in [-0.05, 0) is 30.2 Å². The van der Waals surface area contributed by atoms with Crippen molar-refractivity contribution in [3.8, 4) is 0 Å². The summed E-state index contributed by atoms with van der Waals surface area (Å²) in [6, 6.07) is 3.07. The molecule has 2 rings (SSSR count). The van der Waals surface area contributed by atoms with E-state index in [2.05, 4.69) is 0 Å². The molecule has 0 atom stereocenters. The summed E-state index contributed by atoms with van der Waals surface area (Å²) in [6.07, 6.45) is 0. The highest BCUT2D eigenvalue weighted by molar-refractivity contribution is 5.98. The van der Waals surface area contributed by atoms with Gasteiger partial charge in [-0.2, -0.15) is 0 Å². The predicted octanol–water partition coefficient (Wildman–Crippen LogP) is 1.72. The van der Waals surface area contributed by atoms with Gasteiger partial charge in [0, 0.05) is 19.2 Å². The van der Waals surface area contributed by atoms with E-state index >= 15 is 0 Å². The number of aryl methyl sites for hydroxylation is 1. The first kappa shape index (κ1) is 8.23. The average Bonchev–Trinajstić information content (AvgIpc) is 2.32. The molecule has 0 aromatic heterocycles. The van der Waals surface area contributed by atoms with Crippen LogP contribution in [0.3, 0.4) is 0 Å². The zero-order valence-corrected chi connectivity index (χ0v) is 7.60. The lowest BCUT2D eigenvalue weighted by Crippen LogP contribution is -2.17. The molecule has 1 amide bonds. The third-order valence-electron chi connectivity index (χ3n) is 2.37. The largest absolute Gasteiger partial charge is 0.337 e. The lowest BCUT2D eigenvalue weighted by atomic mass is 10.1. The molecule has 0 bridgehead atoms. The first-order chi connectivity index (χ1) is 6.09. The molecule has 0 saturated heterocycles. The van der Waals surface area contributed by atoms with Gasteiger partial charge in [-0.3, -0.25) is 4.79 Å². The zero-order chi connectivity index (χ0) is 9.59. The fourth-order valence-electron chi connectivity index (χ4n) is 1.59. The molecule has 3 heteroatoms. The number of rotatable bonds is 0. The summed E-state index contributed by atoms with van der Waals surface area (Å²) in [5, 5.41) is 0. The molecule has 1 heterocycles. The van der Waals surface area contributed by atoms with Crippen LogP contribution in [0.5, 0.6) is 0 Å². The van der Waals surface area contributed by atoms with Crippen molar-refractivity contribution in [2.45, 2.75) is 13.5 Å². The minimum atomic E-state index is -0.234. The van der Waals surface area contributed by atoms with Gasteiger partial charge in [0.2, 0.25) is 0 Å². The SMILES string of the molecule is Cc1cc2c(cc1F)CN(C)C2=O. The van der Waals surface area contributed by atoms with E-state index in [1.54, 1.807) is 24.9 Å². The van der Waals surface area contributed by atoms with E-state index in [4.69, 9.17) is 0 Å². The summed E-state index contributed by atoms with van der Waals surface area (Å²) in [6.45, 7) is 2.19. The van der Waals surface area contributed by atoms with Gasteiger partial charge in [0.15, 0.2) is 0 Å². The maximum Gasteiger partial charge on any atom is 0.254 e. The number of fused-ring (bicyclic) bond motifs is 1. The summed E-state index contributed by atoms with van der Waals surface area (Å²) in [7, 11) is 1.72. The molecule has 1 aliphatic heterocycles. The number of hydrogen-bond acceptors (Lipinski definition) is 1. The van der Waals surface area contributed by atoms with E-state index in [-0.39, 0.29) is 11.7 Å². The van der Waals surface area contributed by atoms with Crippen molar-refractivity contribution in [3.05, 3.63) is 34.6 Å². The van der Waals surface area contributed by atoms with Gasteiger partial charge in [-0.1, -0.05) is 0 Å². The summed E-state index contributed by atoms with van der Waals surface area (Å²) < 4.78 is 13.1. The second kappa shape index (κ2) is 2.55. The minimum absolute atomic E-state index is 0.0156. The van der Waals surface area contributed by atoms with Crippen LogP contribution in [0.15, 0.2) is 12.1 Å². The standard InChI is InChI=1S/C10H10FNO/c1-6-3-8-7(4-9(6)11)5-12(2)10(8)13/h3-4H,5H2,1-2H3. The smallest absolute Gasteiger partial charge is 0.254 e. The summed E-state index contributed by atoms with van der Waals surface area (Å²) in [5.74, 6) is -0.250. The fraction of sp³-hybridized carbons (Fsp3) is 0.300. The second-order valence-corrected chi connectivity index (χ2v) is 3.42. The molecule has 1 aromatic carbocycles. The van der Waals surface area contributed by atoms with Gasteiger partial charge in [-0.25, -0.2) is 4.39 Å². The van der Waals surface area contributed by atoms with Crippen LogP contribution in [0, 0.1) is 12.7 Å². The van der Waals surface area contributed by atoms with E-state index in [0.29, 0.717) is 17.7 Å². The molecule has 13 heavy (non-hydrogen) atoms. The van der Waals surface area contributed by atoms with Crippen LogP contribution in [-0.2, 0) is 6.54 Å². The van der Waals surface area contributed by atoms with Crippen molar-refractivity contribution in [3.63, 3.8) is 0 Å². The van der Waals surface area contributed by atoms with Crippen LogP contribution in [0.2, 0.25) is 0 Å². The van der Waals surface area contributed by atoms with Crippen LogP contribution in [0.4, 0.5) is 4.39 Å². The molecular formula is C10H10FNO. The molecule has 0 aliphatic carbocycles. The number of nitrogens with zero attached hydrogens (tertiary/aromatic N) is 1. The Morgan fingerprint density at radius 2 is 2.15 bits per heavy atom. The first-order valence-corrected chi connectivity index (χ1v) is 4.14. The van der Waals surface area contributed by atoms with Crippen molar-refractivity contribution in [1.29, 1.82) is 0 Å². The maximum absolute atomic E-state index is 13.1. The van der Waals surface area contributed by atoms with Crippen LogP contribution in [0.25, 0.3) is 0 Å². The molecule has 2 nitrogen and oxygen atoms in total. The van der Waals surface area contributed by atoms with Crippen molar-refractivity contribution >= 4 is 5.91 Å². The molecule has 0 N–H and O–H groups in total. The summed E-state index contributed by atoms with van der Waals surface area (Å²) in [5.41, 5.74) is 1.96. The Hall–Kier alpha value is -1.38. The topological polar surface area (TPSA) is 20.3 Å². The fourth-order valence-corrected chi connectivity index (χ4v) is 1.59. The molecule has 1 aromatic rings. The van der Waals surface area contributed by atoms with E-state index in [1.807, 2.05) is 0 Å². The Morgan fingerprint density at radius 1 is 1.46 bits per heavy atom. The Morgan fingerprint density at radius 3 is 2.85 bits per heavy atom. The molecule has 0 unspecified atom stereocenters. The highest BCUT2D eigenvalue weighted by atomic mass is 19.1. The maximum atomic E-state index is 13.1. The third-order valence-corrected chi connectivity index (χ3v) is 2.37. The summed E-state index contributed by atoms with van der Waals surface area (Å²) >= 11 is 0. The van der Waals surface area contributed by atoms with Crippen LogP contribution in [-0.4, -0.2) is 17.9 Å². The van der Waals surface area contributed by atoms with E-state index in [1.165, 1.54) is 6.07 Å². The number of hydrogen-bond donors (Lipinski definition) is 0. The van der Waals surface area contributed by atoms with Crippen molar-refractivity contribution in [2.75, 3.05) is 7.05 Å². The van der Waals surface area contributed by atoms with E-state index in [0.717, 1.165) is 5.56 Å². The van der Waals surface area contributed by atoms with Crippen LogP contribution >= 0.6 is 0 Å². The lowest BCUT2D eigenvalue weighted by Gasteiger charge is -2.04. The molecule has 0 radical (unpaired) electrons. The molecular weight excluding hydrogens is 169 g/mol. The van der Waals surface area contributed by atoms with Gasteiger partial charge in [0.25, 0.3) is 5.91 Å². The normalized spacial score (nSPS) is 15.0. The molecule has 0 spiro atoms. The van der Waals surface area contributed by atoms with E-state index < -0.39 is 0 Å². The Bertz CT molecular complexity index is 387. The van der Waals surface area contributed by atoms with Crippen LogP contribution in [0.1, 0.15) is 21.5 Å². The van der Waals surface area contributed by atoms with Gasteiger partial charge < -0.3 is 4.90 Å². The van der Waals surface area contributed by atoms with Gasteiger partial charge in [0.1, 0.15) is 5.82 Å². The number of amides is 1. The molecule has 0 saturated carbocycles. The monoisotopic (exact) mass is 179 g/mol. The van der Waals surface area contributed by atoms with Gasteiger partial charge in [0.05, 0.1) is 0 Å². The Labute approximate surface area is 76.0 Å². The second-order valence-electron chi connectivity index (χ2n) is 3.42. The number of carbonyl (C=O) groups excluding carboxylic acids is 1. The molecule has 0 fully saturated rings. The minimum Gasteiger partial charge on any atom is -0.337 e. The van der Waals surface area contributed by atoms with Crippen molar-refractivity contribution in [1.82, 2.24) is 4.90 Å². The molecule has 1 aliphatic rings. The number of benzene rings is 1. The zero-order valence-electron chi connectivity index (χ0n) is 7.60. The number of carbonyl (C=O) groups is 1.